The van der Waals surface area contributed by atoms with Gasteiger partial charge in [-0.1, -0.05) is 12.1 Å². The first-order chi connectivity index (χ1) is 9.41. The van der Waals surface area contributed by atoms with E-state index in [9.17, 15) is 4.79 Å². The number of hydrogen-bond donors (Lipinski definition) is 0. The van der Waals surface area contributed by atoms with Crippen LogP contribution < -0.4 is 4.74 Å². The highest BCUT2D eigenvalue weighted by molar-refractivity contribution is 5.98. The van der Waals surface area contributed by atoms with E-state index in [4.69, 9.17) is 4.74 Å². The fourth-order valence-corrected chi connectivity index (χ4v) is 2.24. The zero-order valence-electron chi connectivity index (χ0n) is 12.8. The highest BCUT2D eigenvalue weighted by Gasteiger charge is 2.15. The molecule has 0 aliphatic heterocycles. The normalized spacial score (nSPS) is 10.7. The van der Waals surface area contributed by atoms with Crippen molar-refractivity contribution in [2.45, 2.75) is 27.7 Å². The van der Waals surface area contributed by atoms with Gasteiger partial charge in [-0.05, 0) is 51.0 Å². The first kappa shape index (κ1) is 14.4. The fourth-order valence-electron chi connectivity index (χ4n) is 2.24. The number of aryl methyl sites for hydroxylation is 2. The van der Waals surface area contributed by atoms with E-state index in [1.54, 1.807) is 0 Å². The molecule has 0 unspecified atom stereocenters. The van der Waals surface area contributed by atoms with Crippen LogP contribution in [0.15, 0.2) is 24.3 Å². The quantitative estimate of drug-likeness (QED) is 0.797. The van der Waals surface area contributed by atoms with Crippen LogP contribution in [0.25, 0.3) is 0 Å². The number of ketones is 1. The fraction of sp³-hybridized carbons (Fsp3) is 0.353. The van der Waals surface area contributed by atoms with E-state index in [0.29, 0.717) is 0 Å². The van der Waals surface area contributed by atoms with Gasteiger partial charge in [-0.25, -0.2) is 0 Å². The minimum Gasteiger partial charge on any atom is -0.485 e. The molecule has 0 aliphatic rings. The number of ether oxygens (including phenoxy) is 1. The van der Waals surface area contributed by atoms with Crippen molar-refractivity contribution in [1.82, 2.24) is 4.57 Å². The SMILES string of the molecule is Cc1cccc(OCC(=O)c2cc(C)n(C)c2C)c1C. The number of hydrogen-bond acceptors (Lipinski definition) is 2. The second-order valence-corrected chi connectivity index (χ2v) is 5.25. The second kappa shape index (κ2) is 5.53. The van der Waals surface area contributed by atoms with Gasteiger partial charge in [0.15, 0.2) is 6.61 Å². The molecule has 2 aromatic rings. The van der Waals surface area contributed by atoms with Crippen LogP contribution >= 0.6 is 0 Å². The Morgan fingerprint density at radius 3 is 2.50 bits per heavy atom. The molecule has 0 spiro atoms. The van der Waals surface area contributed by atoms with E-state index in [2.05, 4.69) is 0 Å². The number of benzene rings is 1. The molecule has 0 atom stereocenters. The molecule has 20 heavy (non-hydrogen) atoms. The zero-order chi connectivity index (χ0) is 14.9. The molecule has 0 saturated carbocycles. The summed E-state index contributed by atoms with van der Waals surface area (Å²) < 4.78 is 7.70. The van der Waals surface area contributed by atoms with E-state index in [1.807, 2.05) is 63.6 Å². The van der Waals surface area contributed by atoms with Crippen LogP contribution in [0.5, 0.6) is 5.75 Å². The molecule has 3 nitrogen and oxygen atoms in total. The summed E-state index contributed by atoms with van der Waals surface area (Å²) in [5.74, 6) is 0.802. The predicted octanol–water partition coefficient (Wildman–Crippen LogP) is 3.52. The molecule has 0 bridgehead atoms. The van der Waals surface area contributed by atoms with Crippen molar-refractivity contribution in [2.24, 2.45) is 7.05 Å². The van der Waals surface area contributed by atoms with Crippen LogP contribution in [0.3, 0.4) is 0 Å². The third-order valence-electron chi connectivity index (χ3n) is 3.99. The van der Waals surface area contributed by atoms with Gasteiger partial charge in [0.05, 0.1) is 0 Å². The van der Waals surface area contributed by atoms with E-state index < -0.39 is 0 Å². The van der Waals surface area contributed by atoms with Crippen LogP contribution in [0.1, 0.15) is 32.9 Å². The molecular weight excluding hydrogens is 250 g/mol. The first-order valence-corrected chi connectivity index (χ1v) is 6.77. The summed E-state index contributed by atoms with van der Waals surface area (Å²) in [4.78, 5) is 12.3. The van der Waals surface area contributed by atoms with Gasteiger partial charge < -0.3 is 9.30 Å². The molecule has 0 radical (unpaired) electrons. The van der Waals surface area contributed by atoms with Gasteiger partial charge in [0.1, 0.15) is 5.75 Å². The summed E-state index contributed by atoms with van der Waals surface area (Å²) in [6, 6.07) is 7.80. The Kier molecular flexibility index (Phi) is 3.98. The predicted molar refractivity (Wildman–Crippen MR) is 80.6 cm³/mol. The van der Waals surface area contributed by atoms with E-state index >= 15 is 0 Å². The van der Waals surface area contributed by atoms with Crippen molar-refractivity contribution >= 4 is 5.78 Å². The van der Waals surface area contributed by atoms with Crippen molar-refractivity contribution in [1.29, 1.82) is 0 Å². The van der Waals surface area contributed by atoms with Crippen LogP contribution in [0, 0.1) is 27.7 Å². The van der Waals surface area contributed by atoms with Crippen molar-refractivity contribution in [3.05, 3.63) is 52.3 Å². The summed E-state index contributed by atoms with van der Waals surface area (Å²) in [7, 11) is 1.97. The molecule has 3 heteroatoms. The smallest absolute Gasteiger partial charge is 0.202 e. The summed E-state index contributed by atoms with van der Waals surface area (Å²) in [6.45, 7) is 8.07. The standard InChI is InChI=1S/C17H21NO2/c1-11-7-6-8-17(13(11)3)20-10-16(19)15-9-12(2)18(5)14(15)4/h6-9H,10H2,1-5H3. The third-order valence-corrected chi connectivity index (χ3v) is 3.99. The monoisotopic (exact) mass is 271 g/mol. The molecule has 0 saturated heterocycles. The topological polar surface area (TPSA) is 31.2 Å². The van der Waals surface area contributed by atoms with Crippen LogP contribution in [-0.4, -0.2) is 17.0 Å². The first-order valence-electron chi connectivity index (χ1n) is 6.77. The van der Waals surface area contributed by atoms with E-state index in [1.165, 1.54) is 5.56 Å². The number of aromatic nitrogens is 1. The maximum Gasteiger partial charge on any atom is 0.202 e. The molecule has 0 amide bonds. The number of nitrogens with zero attached hydrogens (tertiary/aromatic N) is 1. The Labute approximate surface area is 120 Å². The summed E-state index contributed by atoms with van der Waals surface area (Å²) in [5, 5.41) is 0. The van der Waals surface area contributed by atoms with Gasteiger partial charge in [-0.3, -0.25) is 4.79 Å². The maximum absolute atomic E-state index is 12.3. The van der Waals surface area contributed by atoms with Gasteiger partial charge in [-0.15, -0.1) is 0 Å². The van der Waals surface area contributed by atoms with Gasteiger partial charge in [0, 0.05) is 24.0 Å². The highest BCUT2D eigenvalue weighted by atomic mass is 16.5. The largest absolute Gasteiger partial charge is 0.485 e. The molecule has 1 aromatic heterocycles. The average molecular weight is 271 g/mol. The molecule has 0 aliphatic carbocycles. The zero-order valence-corrected chi connectivity index (χ0v) is 12.8. The molecule has 106 valence electrons. The van der Waals surface area contributed by atoms with Crippen molar-refractivity contribution in [3.63, 3.8) is 0 Å². The second-order valence-electron chi connectivity index (χ2n) is 5.25. The third kappa shape index (κ3) is 2.62. The minimum atomic E-state index is 0.0205. The van der Waals surface area contributed by atoms with Gasteiger partial charge in [0.25, 0.3) is 0 Å². The molecular formula is C17H21NO2. The number of Topliss-reactive ketones (excluding diaryl/α,β-unsaturated/α-hetero) is 1. The number of carbonyl (C=O) groups excluding carboxylic acids is 1. The Morgan fingerprint density at radius 2 is 1.90 bits per heavy atom. The minimum absolute atomic E-state index is 0.0205. The van der Waals surface area contributed by atoms with Crippen molar-refractivity contribution in [2.75, 3.05) is 6.61 Å². The Bertz CT molecular complexity index is 653. The van der Waals surface area contributed by atoms with Gasteiger partial charge in [0.2, 0.25) is 5.78 Å². The highest BCUT2D eigenvalue weighted by Crippen LogP contribution is 2.21. The van der Waals surface area contributed by atoms with Gasteiger partial charge >= 0.3 is 0 Å². The van der Waals surface area contributed by atoms with E-state index in [-0.39, 0.29) is 12.4 Å². The molecule has 2 rings (SSSR count). The van der Waals surface area contributed by atoms with E-state index in [0.717, 1.165) is 28.3 Å². The van der Waals surface area contributed by atoms with Crippen LogP contribution in [0.4, 0.5) is 0 Å². The molecule has 0 fully saturated rings. The molecule has 1 heterocycles. The summed E-state index contributed by atoms with van der Waals surface area (Å²) in [6.07, 6.45) is 0. The Balaban J connectivity index is 2.13. The van der Waals surface area contributed by atoms with Crippen molar-refractivity contribution < 1.29 is 9.53 Å². The number of rotatable bonds is 4. The lowest BCUT2D eigenvalue weighted by molar-refractivity contribution is 0.0920. The lowest BCUT2D eigenvalue weighted by Crippen LogP contribution is -2.13. The summed E-state index contributed by atoms with van der Waals surface area (Å²) >= 11 is 0. The van der Waals surface area contributed by atoms with Crippen LogP contribution in [-0.2, 0) is 7.05 Å². The number of carbonyl (C=O) groups is 1. The lowest BCUT2D eigenvalue weighted by atomic mass is 10.1. The van der Waals surface area contributed by atoms with Crippen LogP contribution in [0.2, 0.25) is 0 Å². The summed E-state index contributed by atoms with van der Waals surface area (Å²) in [5.41, 5.74) is 5.06. The maximum atomic E-state index is 12.3. The van der Waals surface area contributed by atoms with Gasteiger partial charge in [-0.2, -0.15) is 0 Å². The average Bonchev–Trinajstić information content (AvgIpc) is 2.68. The Morgan fingerprint density at radius 1 is 1.20 bits per heavy atom. The molecule has 1 aromatic carbocycles. The molecule has 0 N–H and O–H groups in total. The van der Waals surface area contributed by atoms with Crippen molar-refractivity contribution in [3.8, 4) is 5.75 Å². The Hall–Kier alpha value is -2.03. The lowest BCUT2D eigenvalue weighted by Gasteiger charge is -2.10.